The normalized spacial score (nSPS) is 12.8. The third kappa shape index (κ3) is 7.68. The van der Waals surface area contributed by atoms with Gasteiger partial charge in [0.05, 0.1) is 13.2 Å². The maximum Gasteiger partial charge on any atom is 0.191 e. The average molecular weight is 335 g/mol. The minimum Gasteiger partial charge on any atom is -0.494 e. The van der Waals surface area contributed by atoms with E-state index in [1.807, 2.05) is 31.2 Å². The van der Waals surface area contributed by atoms with Gasteiger partial charge in [-0.1, -0.05) is 31.5 Å². The molecule has 0 bridgehead atoms. The first-order chi connectivity index (χ1) is 11.7. The summed E-state index contributed by atoms with van der Waals surface area (Å²) in [6.07, 6.45) is 3.06. The second-order valence-corrected chi connectivity index (χ2v) is 5.78. The van der Waals surface area contributed by atoms with E-state index in [2.05, 4.69) is 29.5 Å². The van der Waals surface area contributed by atoms with Crippen molar-refractivity contribution in [2.75, 3.05) is 26.3 Å². The first-order valence-corrected chi connectivity index (χ1v) is 9.08. The fourth-order valence-corrected chi connectivity index (χ4v) is 2.62. The van der Waals surface area contributed by atoms with Crippen LogP contribution >= 0.6 is 0 Å². The minimum atomic E-state index is 0.238. The highest BCUT2D eigenvalue weighted by atomic mass is 16.5. The van der Waals surface area contributed by atoms with Gasteiger partial charge < -0.3 is 20.5 Å². The van der Waals surface area contributed by atoms with Crippen molar-refractivity contribution in [1.82, 2.24) is 10.6 Å². The van der Waals surface area contributed by atoms with Gasteiger partial charge in [0.2, 0.25) is 0 Å². The Bertz CT molecular complexity index is 471. The lowest BCUT2D eigenvalue weighted by atomic mass is 10.0. The molecule has 136 valence electrons. The number of nitrogens with zero attached hydrogens (tertiary/aromatic N) is 1. The van der Waals surface area contributed by atoms with Crippen LogP contribution < -0.4 is 15.4 Å². The molecule has 0 aromatic heterocycles. The van der Waals surface area contributed by atoms with Crippen molar-refractivity contribution in [2.24, 2.45) is 10.9 Å². The summed E-state index contributed by atoms with van der Waals surface area (Å²) in [5, 5.41) is 15.9. The van der Waals surface area contributed by atoms with Crippen molar-refractivity contribution >= 4 is 5.96 Å². The number of aliphatic hydroxyl groups is 1. The molecule has 5 heteroatoms. The molecule has 24 heavy (non-hydrogen) atoms. The van der Waals surface area contributed by atoms with Crippen molar-refractivity contribution in [3.05, 3.63) is 29.8 Å². The molecule has 1 atom stereocenters. The SMILES string of the molecule is CCCC(CCO)CNC(=NCc1ccccc1OCC)NCC. The number of aliphatic imine (C=N–C) groups is 1. The first-order valence-electron chi connectivity index (χ1n) is 9.08. The Morgan fingerprint density at radius 1 is 1.17 bits per heavy atom. The number of para-hydroxylation sites is 1. The van der Waals surface area contributed by atoms with E-state index in [1.165, 1.54) is 0 Å². The lowest BCUT2D eigenvalue weighted by Gasteiger charge is -2.18. The summed E-state index contributed by atoms with van der Waals surface area (Å²) < 4.78 is 5.65. The number of ether oxygens (including phenoxy) is 1. The Balaban J connectivity index is 2.68. The second kappa shape index (κ2) is 12.6. The van der Waals surface area contributed by atoms with Gasteiger partial charge in [-0.2, -0.15) is 0 Å². The summed E-state index contributed by atoms with van der Waals surface area (Å²) in [4.78, 5) is 4.67. The Hall–Kier alpha value is -1.75. The largest absolute Gasteiger partial charge is 0.494 e. The van der Waals surface area contributed by atoms with Crippen LogP contribution in [0.15, 0.2) is 29.3 Å². The van der Waals surface area contributed by atoms with E-state index in [1.54, 1.807) is 0 Å². The highest BCUT2D eigenvalue weighted by Gasteiger charge is 2.08. The zero-order chi connectivity index (χ0) is 17.6. The summed E-state index contributed by atoms with van der Waals surface area (Å²) in [5.41, 5.74) is 1.08. The average Bonchev–Trinajstić information content (AvgIpc) is 2.59. The Morgan fingerprint density at radius 3 is 2.62 bits per heavy atom. The predicted octanol–water partition coefficient (Wildman–Crippen LogP) is 2.94. The van der Waals surface area contributed by atoms with Crippen LogP contribution in [0.5, 0.6) is 5.75 Å². The summed E-state index contributed by atoms with van der Waals surface area (Å²) in [6, 6.07) is 8.01. The maximum atomic E-state index is 9.18. The maximum absolute atomic E-state index is 9.18. The van der Waals surface area contributed by atoms with Crippen molar-refractivity contribution in [3.8, 4) is 5.75 Å². The van der Waals surface area contributed by atoms with Gasteiger partial charge >= 0.3 is 0 Å². The van der Waals surface area contributed by atoms with Crippen LogP contribution in [0.25, 0.3) is 0 Å². The molecule has 1 aromatic rings. The molecule has 5 nitrogen and oxygen atoms in total. The van der Waals surface area contributed by atoms with Gasteiger partial charge in [0.25, 0.3) is 0 Å². The molecule has 1 unspecified atom stereocenters. The number of hydrogen-bond donors (Lipinski definition) is 3. The van der Waals surface area contributed by atoms with Crippen LogP contribution in [0, 0.1) is 5.92 Å². The monoisotopic (exact) mass is 335 g/mol. The zero-order valence-corrected chi connectivity index (χ0v) is 15.3. The topological polar surface area (TPSA) is 65.9 Å². The van der Waals surface area contributed by atoms with Crippen molar-refractivity contribution in [2.45, 2.75) is 46.6 Å². The molecule has 0 fully saturated rings. The van der Waals surface area contributed by atoms with Gasteiger partial charge in [-0.15, -0.1) is 0 Å². The van der Waals surface area contributed by atoms with Gasteiger partial charge in [-0.25, -0.2) is 4.99 Å². The van der Waals surface area contributed by atoms with Crippen LogP contribution in [0.2, 0.25) is 0 Å². The third-order valence-corrected chi connectivity index (χ3v) is 3.82. The van der Waals surface area contributed by atoms with Crippen molar-refractivity contribution in [1.29, 1.82) is 0 Å². The van der Waals surface area contributed by atoms with Crippen LogP contribution in [-0.2, 0) is 6.54 Å². The van der Waals surface area contributed by atoms with Crippen LogP contribution in [-0.4, -0.2) is 37.4 Å². The Labute approximate surface area is 146 Å². The van der Waals surface area contributed by atoms with Crippen LogP contribution in [0.3, 0.4) is 0 Å². The van der Waals surface area contributed by atoms with Gasteiger partial charge in [0.1, 0.15) is 5.75 Å². The number of aliphatic hydroxyl groups excluding tert-OH is 1. The molecule has 0 saturated carbocycles. The van der Waals surface area contributed by atoms with Crippen molar-refractivity contribution < 1.29 is 9.84 Å². The van der Waals surface area contributed by atoms with E-state index < -0.39 is 0 Å². The molecule has 3 N–H and O–H groups in total. The molecule has 0 saturated heterocycles. The Morgan fingerprint density at radius 2 is 1.96 bits per heavy atom. The lowest BCUT2D eigenvalue weighted by Crippen LogP contribution is -2.40. The number of benzene rings is 1. The molecule has 0 aliphatic heterocycles. The van der Waals surface area contributed by atoms with Gasteiger partial charge in [0, 0.05) is 25.3 Å². The number of nitrogens with one attached hydrogen (secondary N) is 2. The molecule has 1 aromatic carbocycles. The Kier molecular flexibility index (Phi) is 10.7. The zero-order valence-electron chi connectivity index (χ0n) is 15.3. The molecular weight excluding hydrogens is 302 g/mol. The number of hydrogen-bond acceptors (Lipinski definition) is 3. The van der Waals surface area contributed by atoms with Crippen LogP contribution in [0.1, 0.15) is 45.6 Å². The van der Waals surface area contributed by atoms with E-state index in [-0.39, 0.29) is 6.61 Å². The molecule has 1 rings (SSSR count). The summed E-state index contributed by atoms with van der Waals surface area (Å²) in [5.74, 6) is 2.17. The van der Waals surface area contributed by atoms with E-state index in [9.17, 15) is 5.11 Å². The van der Waals surface area contributed by atoms with E-state index in [0.29, 0.717) is 19.1 Å². The highest BCUT2D eigenvalue weighted by molar-refractivity contribution is 5.79. The molecule has 0 spiro atoms. The molecule has 0 aliphatic carbocycles. The molecule has 0 amide bonds. The van der Waals surface area contributed by atoms with Crippen LogP contribution in [0.4, 0.5) is 0 Å². The van der Waals surface area contributed by atoms with Crippen molar-refractivity contribution in [3.63, 3.8) is 0 Å². The van der Waals surface area contributed by atoms with Gasteiger partial charge in [-0.05, 0) is 38.7 Å². The molecule has 0 heterocycles. The van der Waals surface area contributed by atoms with E-state index in [4.69, 9.17) is 4.74 Å². The number of rotatable bonds is 11. The fourth-order valence-electron chi connectivity index (χ4n) is 2.62. The molecular formula is C19H33N3O2. The minimum absolute atomic E-state index is 0.238. The standard InChI is InChI=1S/C19H33N3O2/c1-4-9-16(12-13-23)14-21-19(20-5-2)22-15-17-10-7-8-11-18(17)24-6-3/h7-8,10-11,16,23H,4-6,9,12-15H2,1-3H3,(H2,20,21,22). The quantitative estimate of drug-likeness (QED) is 0.430. The van der Waals surface area contributed by atoms with E-state index >= 15 is 0 Å². The lowest BCUT2D eigenvalue weighted by molar-refractivity contribution is 0.251. The summed E-state index contributed by atoms with van der Waals surface area (Å²) in [6.45, 7) is 9.33. The van der Waals surface area contributed by atoms with Gasteiger partial charge in [0.15, 0.2) is 5.96 Å². The van der Waals surface area contributed by atoms with E-state index in [0.717, 1.165) is 49.6 Å². The molecule has 0 aliphatic rings. The molecule has 0 radical (unpaired) electrons. The first kappa shape index (κ1) is 20.3. The smallest absolute Gasteiger partial charge is 0.191 e. The predicted molar refractivity (Wildman–Crippen MR) is 101 cm³/mol. The second-order valence-electron chi connectivity index (χ2n) is 5.78. The summed E-state index contributed by atoms with van der Waals surface area (Å²) in [7, 11) is 0. The summed E-state index contributed by atoms with van der Waals surface area (Å²) >= 11 is 0. The highest BCUT2D eigenvalue weighted by Crippen LogP contribution is 2.18. The fraction of sp³-hybridized carbons (Fsp3) is 0.632. The van der Waals surface area contributed by atoms with Gasteiger partial charge in [-0.3, -0.25) is 0 Å². The number of guanidine groups is 1. The third-order valence-electron chi connectivity index (χ3n) is 3.82.